The second-order valence-electron chi connectivity index (χ2n) is 6.87. The van der Waals surface area contributed by atoms with Gasteiger partial charge in [0.2, 0.25) is 0 Å². The average Bonchev–Trinajstić information content (AvgIpc) is 2.25. The molecule has 19 heavy (non-hydrogen) atoms. The maximum Gasteiger partial charge on any atom is 0.324 e. The van der Waals surface area contributed by atoms with Crippen molar-refractivity contribution in [1.29, 1.82) is 0 Å². The Morgan fingerprint density at radius 2 is 1.47 bits per heavy atom. The van der Waals surface area contributed by atoms with E-state index in [2.05, 4.69) is 0 Å². The molecule has 4 bridgehead atoms. The molecule has 0 aromatic heterocycles. The minimum Gasteiger partial charge on any atom is -0.481 e. The van der Waals surface area contributed by atoms with Crippen molar-refractivity contribution in [2.75, 3.05) is 0 Å². The summed E-state index contributed by atoms with van der Waals surface area (Å²) >= 11 is 0. The van der Waals surface area contributed by atoms with Crippen molar-refractivity contribution in [2.24, 2.45) is 35.3 Å². The van der Waals surface area contributed by atoms with Crippen molar-refractivity contribution in [1.82, 2.24) is 0 Å². The number of carbonyl (C=O) groups is 2. The first-order valence-electron chi connectivity index (χ1n) is 7.14. The molecule has 0 aromatic rings. The van der Waals surface area contributed by atoms with Crippen LogP contribution in [-0.4, -0.2) is 27.7 Å². The topological polar surface area (TPSA) is 101 Å². The third-order valence-corrected chi connectivity index (χ3v) is 5.66. The first-order chi connectivity index (χ1) is 8.90. The van der Waals surface area contributed by atoms with E-state index in [0.29, 0.717) is 11.8 Å². The van der Waals surface area contributed by atoms with Crippen molar-refractivity contribution in [2.45, 2.75) is 44.1 Å². The zero-order chi connectivity index (χ0) is 13.8. The minimum absolute atomic E-state index is 0.158. The van der Waals surface area contributed by atoms with E-state index < -0.39 is 23.9 Å². The molecule has 0 aromatic carbocycles. The van der Waals surface area contributed by atoms with Crippen LogP contribution >= 0.6 is 0 Å². The van der Waals surface area contributed by atoms with E-state index in [9.17, 15) is 14.7 Å². The number of carboxylic acid groups (broad SMARTS) is 2. The normalized spacial score (nSPS) is 42.9. The number of nitrogens with two attached hydrogens (primary N) is 1. The lowest BCUT2D eigenvalue weighted by atomic mass is 9.48. The molecule has 0 saturated heterocycles. The summed E-state index contributed by atoms with van der Waals surface area (Å²) in [5.74, 6) is -0.336. The summed E-state index contributed by atoms with van der Waals surface area (Å²) in [5, 5.41) is 18.5. The fourth-order valence-corrected chi connectivity index (χ4v) is 5.35. The lowest BCUT2D eigenvalue weighted by Crippen LogP contribution is -2.63. The number of hydrogen-bond acceptors (Lipinski definition) is 3. The molecule has 0 spiro atoms. The van der Waals surface area contributed by atoms with E-state index in [-0.39, 0.29) is 5.92 Å². The van der Waals surface area contributed by atoms with Gasteiger partial charge in [-0.05, 0) is 61.7 Å². The minimum atomic E-state index is -1.59. The SMILES string of the molecule is NC(CC(=O)O)(C(=O)O)C1C2CC3CC(C2)CC1C3. The van der Waals surface area contributed by atoms with Gasteiger partial charge < -0.3 is 15.9 Å². The highest BCUT2D eigenvalue weighted by Crippen LogP contribution is 2.59. The predicted molar refractivity (Wildman–Crippen MR) is 67.3 cm³/mol. The molecule has 4 N–H and O–H groups in total. The van der Waals surface area contributed by atoms with Gasteiger partial charge in [0.25, 0.3) is 0 Å². The van der Waals surface area contributed by atoms with Gasteiger partial charge in [0.05, 0.1) is 6.42 Å². The molecule has 0 heterocycles. The smallest absolute Gasteiger partial charge is 0.324 e. The van der Waals surface area contributed by atoms with Crippen molar-refractivity contribution in [3.05, 3.63) is 0 Å². The molecular weight excluding hydrogens is 246 g/mol. The molecule has 1 atom stereocenters. The van der Waals surface area contributed by atoms with E-state index in [1.54, 1.807) is 0 Å². The monoisotopic (exact) mass is 267 g/mol. The summed E-state index contributed by atoms with van der Waals surface area (Å²) in [6.45, 7) is 0. The lowest BCUT2D eigenvalue weighted by Gasteiger charge is -2.57. The Bertz CT molecular complexity index is 394. The van der Waals surface area contributed by atoms with Gasteiger partial charge in [0, 0.05) is 0 Å². The highest BCUT2D eigenvalue weighted by Gasteiger charge is 2.57. The Balaban J connectivity index is 1.90. The molecule has 5 nitrogen and oxygen atoms in total. The van der Waals surface area contributed by atoms with Gasteiger partial charge in [-0.1, -0.05) is 0 Å². The van der Waals surface area contributed by atoms with Gasteiger partial charge in [-0.25, -0.2) is 0 Å². The number of carboxylic acids is 2. The Kier molecular flexibility index (Phi) is 2.85. The van der Waals surface area contributed by atoms with Crippen LogP contribution in [0.2, 0.25) is 0 Å². The Morgan fingerprint density at radius 1 is 1.00 bits per heavy atom. The Hall–Kier alpha value is -1.10. The van der Waals surface area contributed by atoms with Gasteiger partial charge in [-0.15, -0.1) is 0 Å². The molecule has 4 aliphatic rings. The zero-order valence-electron chi connectivity index (χ0n) is 10.9. The third kappa shape index (κ3) is 1.95. The van der Waals surface area contributed by atoms with E-state index >= 15 is 0 Å². The molecule has 0 radical (unpaired) electrons. The van der Waals surface area contributed by atoms with Crippen LogP contribution in [0.15, 0.2) is 0 Å². The highest BCUT2D eigenvalue weighted by atomic mass is 16.4. The molecule has 4 aliphatic carbocycles. The van der Waals surface area contributed by atoms with Crippen molar-refractivity contribution < 1.29 is 19.8 Å². The molecule has 0 amide bonds. The molecule has 4 saturated carbocycles. The fraction of sp³-hybridized carbons (Fsp3) is 0.857. The third-order valence-electron chi connectivity index (χ3n) is 5.66. The first-order valence-corrected chi connectivity index (χ1v) is 7.14. The number of rotatable bonds is 4. The molecule has 5 heteroatoms. The first kappa shape index (κ1) is 12.9. The largest absolute Gasteiger partial charge is 0.481 e. The maximum absolute atomic E-state index is 11.6. The quantitative estimate of drug-likeness (QED) is 0.713. The van der Waals surface area contributed by atoms with Gasteiger partial charge in [-0.3, -0.25) is 9.59 Å². The molecule has 4 fully saturated rings. The predicted octanol–water partition coefficient (Wildman–Crippen LogP) is 1.32. The van der Waals surface area contributed by atoms with Crippen LogP contribution in [0, 0.1) is 29.6 Å². The second kappa shape index (κ2) is 4.20. The molecule has 1 unspecified atom stereocenters. The van der Waals surface area contributed by atoms with Gasteiger partial charge in [-0.2, -0.15) is 0 Å². The van der Waals surface area contributed by atoms with E-state index in [1.807, 2.05) is 0 Å². The van der Waals surface area contributed by atoms with Crippen LogP contribution < -0.4 is 5.73 Å². The lowest BCUT2D eigenvalue weighted by molar-refractivity contribution is -0.160. The molecule has 0 aliphatic heterocycles. The average molecular weight is 267 g/mol. The summed E-state index contributed by atoms with van der Waals surface area (Å²) in [5.41, 5.74) is 4.50. The van der Waals surface area contributed by atoms with Crippen LogP contribution in [-0.2, 0) is 9.59 Å². The summed E-state index contributed by atoms with van der Waals surface area (Å²) in [6, 6.07) is 0. The molecular formula is C14H21NO4. The summed E-state index contributed by atoms with van der Waals surface area (Å²) < 4.78 is 0. The highest BCUT2D eigenvalue weighted by molar-refractivity contribution is 5.85. The molecule has 106 valence electrons. The van der Waals surface area contributed by atoms with Gasteiger partial charge in [0.1, 0.15) is 5.54 Å². The summed E-state index contributed by atoms with van der Waals surface area (Å²) in [6.07, 6.45) is 5.00. The summed E-state index contributed by atoms with van der Waals surface area (Å²) in [7, 11) is 0. The van der Waals surface area contributed by atoms with Crippen LogP contribution in [0.3, 0.4) is 0 Å². The fourth-order valence-electron chi connectivity index (χ4n) is 5.35. The van der Waals surface area contributed by atoms with Crippen LogP contribution in [0.25, 0.3) is 0 Å². The second-order valence-corrected chi connectivity index (χ2v) is 6.87. The van der Waals surface area contributed by atoms with Gasteiger partial charge in [0.15, 0.2) is 0 Å². The Labute approximate surface area is 112 Å². The molecule has 4 rings (SSSR count). The van der Waals surface area contributed by atoms with Gasteiger partial charge >= 0.3 is 11.9 Å². The van der Waals surface area contributed by atoms with E-state index in [0.717, 1.165) is 37.5 Å². The van der Waals surface area contributed by atoms with Crippen molar-refractivity contribution in [3.8, 4) is 0 Å². The van der Waals surface area contributed by atoms with Crippen molar-refractivity contribution in [3.63, 3.8) is 0 Å². The van der Waals surface area contributed by atoms with Crippen LogP contribution in [0.4, 0.5) is 0 Å². The zero-order valence-corrected chi connectivity index (χ0v) is 10.9. The van der Waals surface area contributed by atoms with Crippen LogP contribution in [0.1, 0.15) is 38.5 Å². The van der Waals surface area contributed by atoms with E-state index in [1.165, 1.54) is 6.42 Å². The number of aliphatic carboxylic acids is 2. The van der Waals surface area contributed by atoms with Crippen LogP contribution in [0.5, 0.6) is 0 Å². The summed E-state index contributed by atoms with van der Waals surface area (Å²) in [4.78, 5) is 22.6. The number of hydrogen-bond donors (Lipinski definition) is 3. The van der Waals surface area contributed by atoms with E-state index in [4.69, 9.17) is 10.8 Å². The van der Waals surface area contributed by atoms with Crippen molar-refractivity contribution >= 4 is 11.9 Å². The maximum atomic E-state index is 11.6. The standard InChI is InChI=1S/C14H21NO4/c15-14(13(18)19,6-11(16)17)12-9-2-7-1-8(4-9)5-10(12)3-7/h7-10,12H,1-6,15H2,(H,16,17)(H,18,19). The Morgan fingerprint density at radius 3 is 1.84 bits per heavy atom.